The fourth-order valence-electron chi connectivity index (χ4n) is 11.0. The Morgan fingerprint density at radius 3 is 1.68 bits per heavy atom. The van der Waals surface area contributed by atoms with Crippen molar-refractivity contribution in [1.29, 1.82) is 0 Å². The molecule has 2 aromatic rings. The molecule has 0 spiro atoms. The van der Waals surface area contributed by atoms with Gasteiger partial charge in [0, 0.05) is 39.0 Å². The molecule has 2 heterocycles. The van der Waals surface area contributed by atoms with Crippen LogP contribution in [0.15, 0.2) is 48.5 Å². The Kier molecular flexibility index (Phi) is 16.7. The van der Waals surface area contributed by atoms with Crippen LogP contribution in [-0.2, 0) is 41.6 Å². The van der Waals surface area contributed by atoms with Crippen molar-refractivity contribution in [2.75, 3.05) is 46.3 Å². The summed E-state index contributed by atoms with van der Waals surface area (Å²) in [4.78, 5) is 87.5. The zero-order chi connectivity index (χ0) is 44.1. The normalized spacial score (nSPS) is 23.3. The van der Waals surface area contributed by atoms with Gasteiger partial charge in [0.05, 0.1) is 31.2 Å². The first kappa shape index (κ1) is 46.2. The topological polar surface area (TPSA) is 151 Å². The molecule has 7 rings (SSSR count). The molecule has 2 aromatic carbocycles. The van der Waals surface area contributed by atoms with Crippen LogP contribution in [0.4, 0.5) is 0 Å². The number of nitrogens with zero attached hydrogens (tertiary/aromatic N) is 4. The first-order valence-electron chi connectivity index (χ1n) is 24.3. The van der Waals surface area contributed by atoms with E-state index in [9.17, 15) is 28.8 Å². The van der Waals surface area contributed by atoms with Crippen LogP contribution < -0.4 is 16.0 Å². The minimum absolute atomic E-state index is 0.0137. The predicted octanol–water partition coefficient (Wildman–Crippen LogP) is 5.37. The first-order chi connectivity index (χ1) is 30.7. The van der Waals surface area contributed by atoms with Gasteiger partial charge in [-0.3, -0.25) is 28.8 Å². The van der Waals surface area contributed by atoms with E-state index in [0.717, 1.165) is 120 Å². The van der Waals surface area contributed by atoms with Gasteiger partial charge in [0.2, 0.25) is 35.9 Å². The van der Waals surface area contributed by atoms with Gasteiger partial charge in [-0.25, -0.2) is 0 Å². The smallest absolute Gasteiger partial charge is 0.245 e. The van der Waals surface area contributed by atoms with Crippen LogP contribution in [-0.4, -0.2) is 120 Å². The van der Waals surface area contributed by atoms with Crippen molar-refractivity contribution in [3.63, 3.8) is 0 Å². The Bertz CT molecular complexity index is 1900. The molecule has 2 aliphatic heterocycles. The quantitative estimate of drug-likeness (QED) is 0.143. The van der Waals surface area contributed by atoms with E-state index < -0.39 is 12.1 Å². The molecule has 342 valence electrons. The Morgan fingerprint density at radius 1 is 0.619 bits per heavy atom. The summed E-state index contributed by atoms with van der Waals surface area (Å²) in [5, 5.41) is 9.80. The molecular weight excluding hydrogens is 795 g/mol. The highest BCUT2D eigenvalue weighted by atomic mass is 16.2. The third-order valence-electron chi connectivity index (χ3n) is 14.6. The number of nitrogens with one attached hydrogen (secondary N) is 3. The third kappa shape index (κ3) is 11.7. The van der Waals surface area contributed by atoms with Crippen LogP contribution in [0.1, 0.15) is 143 Å². The number of rotatable bonds is 17. The van der Waals surface area contributed by atoms with Crippen molar-refractivity contribution in [2.45, 2.75) is 152 Å². The lowest BCUT2D eigenvalue weighted by atomic mass is 9.83. The monoisotopic (exact) mass is 866 g/mol. The molecule has 0 bridgehead atoms. The van der Waals surface area contributed by atoms with Gasteiger partial charge in [-0.05, 0) is 99.4 Å². The van der Waals surface area contributed by atoms with Gasteiger partial charge in [0.1, 0.15) is 12.1 Å². The van der Waals surface area contributed by atoms with Gasteiger partial charge >= 0.3 is 0 Å². The van der Waals surface area contributed by atoms with Crippen molar-refractivity contribution in [2.24, 2.45) is 5.92 Å². The third-order valence-corrected chi connectivity index (χ3v) is 14.6. The molecule has 0 aromatic heterocycles. The standard InChI is InChI=1S/C50H71N7O6/c1-51-47(38-19-7-6-8-20-38)50(63)57-32-31-55(34-44(57)49(62)53-42-26-16-22-37-18-12-14-24-40(37)42)46(60)28-10-5-3-2-4-9-27-45(59)54-29-30-56(35-58)43(33-54)48(61)52-41-25-15-21-36-17-11-13-23-39(36)41/h11-14,17-18,23-24,35,38,41-44,47,51H,2-10,15-16,19-22,25-34H2,1H3,(H,52,61)(H,53,62). The maximum atomic E-state index is 14.2. The van der Waals surface area contributed by atoms with Crippen molar-refractivity contribution in [3.8, 4) is 0 Å². The van der Waals surface area contributed by atoms with E-state index in [0.29, 0.717) is 39.0 Å². The number of likely N-dealkylation sites (N-methyl/N-ethyl adjacent to an activating group) is 1. The number of benzene rings is 2. The van der Waals surface area contributed by atoms with Crippen molar-refractivity contribution in [3.05, 3.63) is 70.8 Å². The molecule has 63 heavy (non-hydrogen) atoms. The Labute approximate surface area is 374 Å². The average Bonchev–Trinajstić information content (AvgIpc) is 3.32. The van der Waals surface area contributed by atoms with Gasteiger partial charge in [0.15, 0.2) is 0 Å². The van der Waals surface area contributed by atoms with E-state index >= 15 is 0 Å². The van der Waals surface area contributed by atoms with Crippen molar-refractivity contribution < 1.29 is 28.8 Å². The SMILES string of the molecule is CNC(C(=O)N1CCN(C(=O)CCCCCCCCC(=O)N2CCN(C=O)C(C(=O)NC3CCCc4ccccc43)C2)CC1C(=O)NC1CCCc2ccccc21)C1CCCCC1. The summed E-state index contributed by atoms with van der Waals surface area (Å²) in [5.41, 5.74) is 4.79. The lowest BCUT2D eigenvalue weighted by molar-refractivity contribution is -0.151. The Balaban J connectivity index is 0.840. The number of unbranched alkanes of at least 4 members (excludes halogenated alkanes) is 5. The number of amides is 6. The molecule has 3 fully saturated rings. The van der Waals surface area contributed by atoms with E-state index in [1.54, 1.807) is 14.7 Å². The van der Waals surface area contributed by atoms with Crippen LogP contribution >= 0.6 is 0 Å². The highest BCUT2D eigenvalue weighted by Gasteiger charge is 2.42. The Morgan fingerprint density at radius 2 is 1.13 bits per heavy atom. The largest absolute Gasteiger partial charge is 0.347 e. The maximum Gasteiger partial charge on any atom is 0.245 e. The zero-order valence-corrected chi connectivity index (χ0v) is 37.6. The number of carbonyl (C=O) groups excluding carboxylic acids is 6. The molecule has 3 N–H and O–H groups in total. The molecule has 5 aliphatic rings. The second-order valence-electron chi connectivity index (χ2n) is 18.7. The van der Waals surface area contributed by atoms with E-state index in [1.807, 2.05) is 31.3 Å². The van der Waals surface area contributed by atoms with E-state index in [4.69, 9.17) is 0 Å². The summed E-state index contributed by atoms with van der Waals surface area (Å²) in [7, 11) is 1.85. The number of hydrogen-bond acceptors (Lipinski definition) is 7. The summed E-state index contributed by atoms with van der Waals surface area (Å²) < 4.78 is 0. The minimum Gasteiger partial charge on any atom is -0.347 e. The fraction of sp³-hybridized carbons (Fsp3) is 0.640. The fourth-order valence-corrected chi connectivity index (χ4v) is 11.0. The molecule has 3 aliphatic carbocycles. The van der Waals surface area contributed by atoms with Crippen LogP contribution in [0.3, 0.4) is 0 Å². The van der Waals surface area contributed by atoms with Crippen LogP contribution in [0.2, 0.25) is 0 Å². The van der Waals surface area contributed by atoms with Crippen molar-refractivity contribution >= 4 is 35.9 Å². The second-order valence-corrected chi connectivity index (χ2v) is 18.7. The summed E-state index contributed by atoms with van der Waals surface area (Å²) in [6.45, 7) is 1.91. The summed E-state index contributed by atoms with van der Waals surface area (Å²) in [6.07, 6.45) is 17.8. The highest BCUT2D eigenvalue weighted by Crippen LogP contribution is 2.32. The molecule has 5 atom stereocenters. The molecule has 13 heteroatoms. The van der Waals surface area contributed by atoms with Crippen molar-refractivity contribution in [1.82, 2.24) is 35.6 Å². The molecule has 1 saturated carbocycles. The Hall–Kier alpha value is -4.78. The molecule has 6 amide bonds. The number of hydrogen-bond donors (Lipinski definition) is 3. The summed E-state index contributed by atoms with van der Waals surface area (Å²) in [6, 6.07) is 14.5. The van der Waals surface area contributed by atoms with Crippen LogP contribution in [0.5, 0.6) is 0 Å². The lowest BCUT2D eigenvalue weighted by Crippen LogP contribution is -2.64. The van der Waals surface area contributed by atoms with Gasteiger partial charge in [-0.1, -0.05) is 93.5 Å². The van der Waals surface area contributed by atoms with E-state index in [2.05, 4.69) is 40.2 Å². The summed E-state index contributed by atoms with van der Waals surface area (Å²) >= 11 is 0. The predicted molar refractivity (Wildman–Crippen MR) is 242 cm³/mol. The molecule has 5 unspecified atom stereocenters. The molecule has 0 radical (unpaired) electrons. The van der Waals surface area contributed by atoms with Gasteiger partial charge in [-0.2, -0.15) is 0 Å². The molecular formula is C50H71N7O6. The van der Waals surface area contributed by atoms with E-state index in [1.165, 1.54) is 22.4 Å². The number of carbonyl (C=O) groups is 6. The first-order valence-corrected chi connectivity index (χ1v) is 24.3. The van der Waals surface area contributed by atoms with Gasteiger partial charge in [0.25, 0.3) is 0 Å². The van der Waals surface area contributed by atoms with Crippen LogP contribution in [0.25, 0.3) is 0 Å². The number of piperazine rings is 2. The van der Waals surface area contributed by atoms with Gasteiger partial charge in [-0.15, -0.1) is 0 Å². The summed E-state index contributed by atoms with van der Waals surface area (Å²) in [5.74, 6) is -0.147. The number of fused-ring (bicyclic) bond motifs is 2. The molecule has 13 nitrogen and oxygen atoms in total. The zero-order valence-electron chi connectivity index (χ0n) is 37.6. The van der Waals surface area contributed by atoms with Crippen LogP contribution in [0, 0.1) is 5.92 Å². The van der Waals surface area contributed by atoms with Gasteiger partial charge < -0.3 is 35.6 Å². The lowest BCUT2D eigenvalue weighted by Gasteiger charge is -2.43. The highest BCUT2D eigenvalue weighted by molar-refractivity contribution is 5.91. The number of aryl methyl sites for hydroxylation is 2. The van der Waals surface area contributed by atoms with E-state index in [-0.39, 0.29) is 66.7 Å². The average molecular weight is 866 g/mol. The molecule has 2 saturated heterocycles. The second kappa shape index (κ2) is 22.7. The maximum absolute atomic E-state index is 14.2. The minimum atomic E-state index is -0.747.